The lowest BCUT2D eigenvalue weighted by molar-refractivity contribution is -0.114. The maximum atomic E-state index is 12.4. The molecule has 1 amide bonds. The van der Waals surface area contributed by atoms with Crippen molar-refractivity contribution in [2.24, 2.45) is 0 Å². The fourth-order valence-electron chi connectivity index (χ4n) is 1.92. The lowest BCUT2D eigenvalue weighted by atomic mass is 10.2. The predicted octanol–water partition coefficient (Wildman–Crippen LogP) is 2.04. The van der Waals surface area contributed by atoms with E-state index in [1.807, 2.05) is 0 Å². The third-order valence-corrected chi connectivity index (χ3v) is 4.34. The van der Waals surface area contributed by atoms with E-state index in [0.29, 0.717) is 17.1 Å². The minimum atomic E-state index is -3.79. The van der Waals surface area contributed by atoms with Crippen LogP contribution >= 0.6 is 0 Å². The Labute approximate surface area is 134 Å². The van der Waals surface area contributed by atoms with Crippen LogP contribution in [0.25, 0.3) is 0 Å². The largest absolute Gasteiger partial charge is 0.494 e. The van der Waals surface area contributed by atoms with Crippen molar-refractivity contribution in [3.8, 4) is 5.75 Å². The Morgan fingerprint density at radius 2 is 1.78 bits per heavy atom. The van der Waals surface area contributed by atoms with E-state index in [1.54, 1.807) is 6.07 Å². The Hall–Kier alpha value is -2.74. The average molecular weight is 335 g/mol. The van der Waals surface area contributed by atoms with Crippen LogP contribution in [0.4, 0.5) is 17.1 Å². The number of rotatable bonds is 5. The minimum absolute atomic E-state index is 0.0606. The van der Waals surface area contributed by atoms with Gasteiger partial charge in [-0.2, -0.15) is 0 Å². The van der Waals surface area contributed by atoms with E-state index in [0.717, 1.165) is 0 Å². The van der Waals surface area contributed by atoms with Crippen LogP contribution in [-0.2, 0) is 14.8 Å². The number of carbonyl (C=O) groups is 1. The first-order valence-electron chi connectivity index (χ1n) is 6.66. The molecule has 2 aromatic carbocycles. The normalized spacial score (nSPS) is 10.9. The van der Waals surface area contributed by atoms with Crippen molar-refractivity contribution in [2.75, 3.05) is 22.9 Å². The highest BCUT2D eigenvalue weighted by molar-refractivity contribution is 7.92. The lowest BCUT2D eigenvalue weighted by Gasteiger charge is -2.12. The molecule has 8 heteroatoms. The average Bonchev–Trinajstić information content (AvgIpc) is 2.49. The summed E-state index contributed by atoms with van der Waals surface area (Å²) in [5, 5.41) is 2.57. The molecule has 122 valence electrons. The second-order valence-corrected chi connectivity index (χ2v) is 6.45. The van der Waals surface area contributed by atoms with Gasteiger partial charge in [-0.3, -0.25) is 9.52 Å². The Bertz CT molecular complexity index is 817. The van der Waals surface area contributed by atoms with E-state index in [2.05, 4.69) is 10.0 Å². The van der Waals surface area contributed by atoms with Gasteiger partial charge in [-0.25, -0.2) is 8.42 Å². The fraction of sp³-hybridized carbons (Fsp3) is 0.133. The molecule has 4 N–H and O–H groups in total. The van der Waals surface area contributed by atoms with E-state index in [4.69, 9.17) is 10.5 Å². The number of sulfonamides is 1. The van der Waals surface area contributed by atoms with Gasteiger partial charge >= 0.3 is 0 Å². The maximum Gasteiger partial charge on any atom is 0.262 e. The first-order valence-corrected chi connectivity index (χ1v) is 8.14. The molecule has 0 atom stereocenters. The molecule has 2 rings (SSSR count). The van der Waals surface area contributed by atoms with Gasteiger partial charge < -0.3 is 15.8 Å². The van der Waals surface area contributed by atoms with Gasteiger partial charge in [-0.1, -0.05) is 0 Å². The first kappa shape index (κ1) is 16.6. The molecular weight excluding hydrogens is 318 g/mol. The summed E-state index contributed by atoms with van der Waals surface area (Å²) in [7, 11) is -2.36. The molecule has 0 fully saturated rings. The second-order valence-electron chi connectivity index (χ2n) is 4.77. The number of nitrogens with one attached hydrogen (secondary N) is 2. The van der Waals surface area contributed by atoms with E-state index in [9.17, 15) is 13.2 Å². The van der Waals surface area contributed by atoms with Crippen molar-refractivity contribution in [3.05, 3.63) is 42.5 Å². The summed E-state index contributed by atoms with van der Waals surface area (Å²) in [6, 6.07) is 10.4. The SMILES string of the molecule is COc1cc(N)ccc1NS(=O)(=O)c1ccc(NC(C)=O)cc1. The highest BCUT2D eigenvalue weighted by Gasteiger charge is 2.16. The van der Waals surface area contributed by atoms with Gasteiger partial charge in [-0.15, -0.1) is 0 Å². The number of carbonyl (C=O) groups excluding carboxylic acids is 1. The summed E-state index contributed by atoms with van der Waals surface area (Å²) in [6.45, 7) is 1.37. The summed E-state index contributed by atoms with van der Waals surface area (Å²) in [5.41, 5.74) is 6.91. The Morgan fingerprint density at radius 1 is 1.13 bits per heavy atom. The number of hydrogen-bond donors (Lipinski definition) is 3. The fourth-order valence-corrected chi connectivity index (χ4v) is 2.99. The number of benzene rings is 2. The molecule has 0 aliphatic carbocycles. The van der Waals surface area contributed by atoms with Crippen LogP contribution in [0.3, 0.4) is 0 Å². The zero-order valence-electron chi connectivity index (χ0n) is 12.7. The first-order chi connectivity index (χ1) is 10.8. The molecular formula is C15H17N3O4S. The van der Waals surface area contributed by atoms with E-state index < -0.39 is 10.0 Å². The molecule has 23 heavy (non-hydrogen) atoms. The van der Waals surface area contributed by atoms with Crippen molar-refractivity contribution in [1.82, 2.24) is 0 Å². The summed E-state index contributed by atoms with van der Waals surface area (Å²) < 4.78 is 32.4. The molecule has 0 aliphatic heterocycles. The molecule has 7 nitrogen and oxygen atoms in total. The van der Waals surface area contributed by atoms with Crippen LogP contribution in [0.15, 0.2) is 47.4 Å². The van der Waals surface area contributed by atoms with Gasteiger partial charge in [0.1, 0.15) is 5.75 Å². The Balaban J connectivity index is 2.27. The van der Waals surface area contributed by atoms with E-state index in [1.165, 1.54) is 50.4 Å². The van der Waals surface area contributed by atoms with E-state index >= 15 is 0 Å². The number of nitrogen functional groups attached to an aromatic ring is 1. The standard InChI is InChI=1S/C15H17N3O4S/c1-10(19)17-12-4-6-13(7-5-12)23(20,21)18-14-8-3-11(16)9-15(14)22-2/h3-9,18H,16H2,1-2H3,(H,17,19). The quantitative estimate of drug-likeness (QED) is 0.724. The number of methoxy groups -OCH3 is 1. The number of amides is 1. The minimum Gasteiger partial charge on any atom is -0.494 e. The zero-order chi connectivity index (χ0) is 17.0. The topological polar surface area (TPSA) is 111 Å². The van der Waals surface area contributed by atoms with Crippen molar-refractivity contribution < 1.29 is 17.9 Å². The van der Waals surface area contributed by atoms with Crippen LogP contribution < -0.4 is 20.5 Å². The third kappa shape index (κ3) is 4.13. The van der Waals surface area contributed by atoms with Gasteiger partial charge in [0, 0.05) is 24.4 Å². The van der Waals surface area contributed by atoms with Gasteiger partial charge in [0.2, 0.25) is 5.91 Å². The summed E-state index contributed by atoms with van der Waals surface area (Å²) in [6.07, 6.45) is 0. The second kappa shape index (κ2) is 6.57. The Morgan fingerprint density at radius 3 is 2.35 bits per heavy atom. The van der Waals surface area contributed by atoms with Crippen molar-refractivity contribution in [3.63, 3.8) is 0 Å². The number of ether oxygens (including phenoxy) is 1. The smallest absolute Gasteiger partial charge is 0.262 e. The molecule has 0 heterocycles. The van der Waals surface area contributed by atoms with Crippen LogP contribution in [0.5, 0.6) is 5.75 Å². The highest BCUT2D eigenvalue weighted by Crippen LogP contribution is 2.29. The van der Waals surface area contributed by atoms with Crippen LogP contribution in [0, 0.1) is 0 Å². The van der Waals surface area contributed by atoms with Gasteiger partial charge in [0.05, 0.1) is 17.7 Å². The third-order valence-electron chi connectivity index (χ3n) is 2.95. The van der Waals surface area contributed by atoms with Crippen LogP contribution in [0.2, 0.25) is 0 Å². The number of hydrogen-bond acceptors (Lipinski definition) is 5. The van der Waals surface area contributed by atoms with Crippen LogP contribution in [-0.4, -0.2) is 21.4 Å². The highest BCUT2D eigenvalue weighted by atomic mass is 32.2. The van der Waals surface area contributed by atoms with Gasteiger partial charge in [-0.05, 0) is 36.4 Å². The summed E-state index contributed by atoms with van der Waals surface area (Å²) in [5.74, 6) is 0.0915. The molecule has 0 saturated heterocycles. The summed E-state index contributed by atoms with van der Waals surface area (Å²) in [4.78, 5) is 11.0. The Kier molecular flexibility index (Phi) is 4.75. The van der Waals surface area contributed by atoms with Crippen molar-refractivity contribution >= 4 is 33.0 Å². The predicted molar refractivity (Wildman–Crippen MR) is 89.0 cm³/mol. The number of nitrogens with two attached hydrogens (primary N) is 1. The van der Waals surface area contributed by atoms with Crippen molar-refractivity contribution in [1.29, 1.82) is 0 Å². The molecule has 2 aromatic rings. The maximum absolute atomic E-state index is 12.4. The zero-order valence-corrected chi connectivity index (χ0v) is 13.5. The molecule has 0 aliphatic rings. The van der Waals surface area contributed by atoms with Gasteiger partial charge in [0.25, 0.3) is 10.0 Å². The lowest BCUT2D eigenvalue weighted by Crippen LogP contribution is -2.14. The van der Waals surface area contributed by atoms with E-state index in [-0.39, 0.29) is 16.5 Å². The van der Waals surface area contributed by atoms with Crippen molar-refractivity contribution in [2.45, 2.75) is 11.8 Å². The molecule has 0 bridgehead atoms. The summed E-state index contributed by atoms with van der Waals surface area (Å²) >= 11 is 0. The van der Waals surface area contributed by atoms with Gasteiger partial charge in [0.15, 0.2) is 0 Å². The van der Waals surface area contributed by atoms with Crippen LogP contribution in [0.1, 0.15) is 6.92 Å². The molecule has 0 aromatic heterocycles. The molecule has 0 radical (unpaired) electrons. The molecule has 0 saturated carbocycles. The number of anilines is 3. The molecule has 0 unspecified atom stereocenters. The molecule has 0 spiro atoms. The monoisotopic (exact) mass is 335 g/mol.